The van der Waals surface area contributed by atoms with E-state index in [2.05, 4.69) is 42.2 Å². The molecule has 0 spiro atoms. The number of benzene rings is 1. The molecule has 0 unspecified atom stereocenters. The van der Waals surface area contributed by atoms with Crippen molar-refractivity contribution in [3.8, 4) is 0 Å². The minimum absolute atomic E-state index is 0.165. The number of aryl methyl sites for hydroxylation is 1. The number of rotatable bonds is 2. The number of carbonyl (C=O) groups is 1. The summed E-state index contributed by atoms with van der Waals surface area (Å²) in [7, 11) is 1.66. The molecule has 88 valence electrons. The molecule has 0 atom stereocenters. The lowest BCUT2D eigenvalue weighted by atomic mass is 10.1. The summed E-state index contributed by atoms with van der Waals surface area (Å²) in [5.74, 6) is -0.165. The van der Waals surface area contributed by atoms with Crippen molar-refractivity contribution in [3.63, 3.8) is 0 Å². The SMILES string of the molecule is Cn1nnc(Br)c1C(=O)c1ccc(Cl)c(Br)c1. The molecule has 0 amide bonds. The highest BCUT2D eigenvalue weighted by molar-refractivity contribution is 9.10. The number of aromatic nitrogens is 3. The molecular weight excluding hydrogens is 373 g/mol. The number of hydrogen-bond acceptors (Lipinski definition) is 3. The van der Waals surface area contributed by atoms with Crippen LogP contribution >= 0.6 is 43.5 Å². The summed E-state index contributed by atoms with van der Waals surface area (Å²) in [5, 5.41) is 8.10. The summed E-state index contributed by atoms with van der Waals surface area (Å²) in [4.78, 5) is 12.2. The number of nitrogens with zero attached hydrogens (tertiary/aromatic N) is 3. The van der Waals surface area contributed by atoms with E-state index in [1.165, 1.54) is 4.68 Å². The van der Waals surface area contributed by atoms with Gasteiger partial charge in [0.25, 0.3) is 0 Å². The molecule has 0 aliphatic heterocycles. The van der Waals surface area contributed by atoms with Crippen molar-refractivity contribution in [2.45, 2.75) is 0 Å². The third-order valence-electron chi connectivity index (χ3n) is 2.18. The van der Waals surface area contributed by atoms with Crippen molar-refractivity contribution in [3.05, 3.63) is 43.6 Å². The molecule has 0 saturated carbocycles. The van der Waals surface area contributed by atoms with E-state index in [1.807, 2.05) is 0 Å². The van der Waals surface area contributed by atoms with Crippen LogP contribution in [0, 0.1) is 0 Å². The van der Waals surface area contributed by atoms with Gasteiger partial charge in [0.05, 0.1) is 5.02 Å². The molecule has 0 saturated heterocycles. The lowest BCUT2D eigenvalue weighted by molar-refractivity contribution is 0.102. The topological polar surface area (TPSA) is 47.8 Å². The lowest BCUT2D eigenvalue weighted by Gasteiger charge is -2.03. The van der Waals surface area contributed by atoms with Gasteiger partial charge >= 0.3 is 0 Å². The van der Waals surface area contributed by atoms with Gasteiger partial charge in [-0.25, -0.2) is 4.68 Å². The van der Waals surface area contributed by atoms with Crippen LogP contribution in [-0.4, -0.2) is 20.8 Å². The maximum Gasteiger partial charge on any atom is 0.213 e. The van der Waals surface area contributed by atoms with E-state index in [1.54, 1.807) is 25.2 Å². The maximum absolute atomic E-state index is 12.2. The fourth-order valence-corrected chi connectivity index (χ4v) is 2.35. The largest absolute Gasteiger partial charge is 0.287 e. The molecular formula is C10H6Br2ClN3O. The Morgan fingerprint density at radius 3 is 2.65 bits per heavy atom. The summed E-state index contributed by atoms with van der Waals surface area (Å²) >= 11 is 12.4. The van der Waals surface area contributed by atoms with Gasteiger partial charge in [-0.3, -0.25) is 4.79 Å². The summed E-state index contributed by atoms with van der Waals surface area (Å²) in [6, 6.07) is 5.00. The standard InChI is InChI=1S/C10H6Br2ClN3O/c1-16-8(10(12)14-15-16)9(17)5-2-3-7(13)6(11)4-5/h2-4H,1H3. The first-order valence-corrected chi connectivity index (χ1v) is 6.52. The van der Waals surface area contributed by atoms with E-state index in [0.717, 1.165) is 0 Å². The average molecular weight is 379 g/mol. The van der Waals surface area contributed by atoms with Crippen LogP contribution in [0.5, 0.6) is 0 Å². The molecule has 1 aromatic carbocycles. The van der Waals surface area contributed by atoms with Gasteiger partial charge in [-0.15, -0.1) is 5.10 Å². The number of carbonyl (C=O) groups excluding carboxylic acids is 1. The molecule has 2 aromatic rings. The van der Waals surface area contributed by atoms with E-state index in [9.17, 15) is 4.79 Å². The van der Waals surface area contributed by atoms with Gasteiger partial charge in [-0.2, -0.15) is 0 Å². The zero-order valence-corrected chi connectivity index (χ0v) is 12.5. The second kappa shape index (κ2) is 4.88. The summed E-state index contributed by atoms with van der Waals surface area (Å²) in [5.41, 5.74) is 0.923. The Bertz CT molecular complexity index is 578. The van der Waals surface area contributed by atoms with Gasteiger partial charge in [0.2, 0.25) is 5.78 Å². The predicted molar refractivity (Wildman–Crippen MR) is 71.3 cm³/mol. The molecule has 0 bridgehead atoms. The zero-order chi connectivity index (χ0) is 12.6. The first-order valence-electron chi connectivity index (χ1n) is 4.55. The van der Waals surface area contributed by atoms with Crippen molar-refractivity contribution >= 4 is 49.2 Å². The van der Waals surface area contributed by atoms with E-state index in [0.29, 0.717) is 25.4 Å². The van der Waals surface area contributed by atoms with Crippen LogP contribution in [0.2, 0.25) is 5.02 Å². The van der Waals surface area contributed by atoms with E-state index >= 15 is 0 Å². The fraction of sp³-hybridized carbons (Fsp3) is 0.100. The van der Waals surface area contributed by atoms with Crippen molar-refractivity contribution in [2.24, 2.45) is 7.05 Å². The summed E-state index contributed by atoms with van der Waals surface area (Å²) in [6.07, 6.45) is 0. The van der Waals surface area contributed by atoms with E-state index in [4.69, 9.17) is 11.6 Å². The summed E-state index contributed by atoms with van der Waals surface area (Å²) < 4.78 is 2.53. The average Bonchev–Trinajstić information content (AvgIpc) is 2.62. The molecule has 1 heterocycles. The van der Waals surface area contributed by atoms with E-state index in [-0.39, 0.29) is 5.78 Å². The Labute approximate surface area is 119 Å². The van der Waals surface area contributed by atoms with Crippen LogP contribution in [0.3, 0.4) is 0 Å². The lowest BCUT2D eigenvalue weighted by Crippen LogP contribution is -2.08. The Morgan fingerprint density at radius 2 is 2.12 bits per heavy atom. The second-order valence-electron chi connectivity index (χ2n) is 3.31. The van der Waals surface area contributed by atoms with Crippen molar-refractivity contribution in [2.75, 3.05) is 0 Å². The number of ketones is 1. The van der Waals surface area contributed by atoms with Gasteiger partial charge in [0, 0.05) is 17.1 Å². The van der Waals surface area contributed by atoms with Crippen LogP contribution in [0.15, 0.2) is 27.3 Å². The molecule has 2 rings (SSSR count). The molecule has 0 aliphatic carbocycles. The van der Waals surface area contributed by atoms with Gasteiger partial charge in [0.15, 0.2) is 4.60 Å². The van der Waals surface area contributed by atoms with Crippen LogP contribution in [-0.2, 0) is 7.05 Å². The molecule has 0 radical (unpaired) electrons. The molecule has 1 aromatic heterocycles. The maximum atomic E-state index is 12.2. The molecule has 0 fully saturated rings. The normalized spacial score (nSPS) is 10.6. The minimum Gasteiger partial charge on any atom is -0.287 e. The Balaban J connectivity index is 2.48. The number of hydrogen-bond donors (Lipinski definition) is 0. The van der Waals surface area contributed by atoms with Gasteiger partial charge in [-0.05, 0) is 50.1 Å². The molecule has 0 N–H and O–H groups in total. The second-order valence-corrected chi connectivity index (χ2v) is 5.32. The molecule has 17 heavy (non-hydrogen) atoms. The van der Waals surface area contributed by atoms with E-state index < -0.39 is 0 Å². The molecule has 4 nitrogen and oxygen atoms in total. The third kappa shape index (κ3) is 2.43. The zero-order valence-electron chi connectivity index (χ0n) is 8.62. The van der Waals surface area contributed by atoms with Crippen LogP contribution in [0.4, 0.5) is 0 Å². The van der Waals surface area contributed by atoms with Crippen LogP contribution < -0.4 is 0 Å². The third-order valence-corrected chi connectivity index (χ3v) is 3.93. The Morgan fingerprint density at radius 1 is 1.41 bits per heavy atom. The van der Waals surface area contributed by atoms with Crippen molar-refractivity contribution in [1.82, 2.24) is 15.0 Å². The van der Waals surface area contributed by atoms with Gasteiger partial charge in [0.1, 0.15) is 5.69 Å². The smallest absolute Gasteiger partial charge is 0.213 e. The highest BCUT2D eigenvalue weighted by atomic mass is 79.9. The van der Waals surface area contributed by atoms with Crippen LogP contribution in [0.1, 0.15) is 16.1 Å². The predicted octanol–water partition coefficient (Wildman–Crippen LogP) is 3.22. The van der Waals surface area contributed by atoms with Gasteiger partial charge < -0.3 is 0 Å². The molecule has 7 heteroatoms. The fourth-order valence-electron chi connectivity index (χ4n) is 1.35. The van der Waals surface area contributed by atoms with Crippen molar-refractivity contribution < 1.29 is 4.79 Å². The quantitative estimate of drug-likeness (QED) is 0.753. The van der Waals surface area contributed by atoms with Gasteiger partial charge in [-0.1, -0.05) is 16.8 Å². The molecule has 0 aliphatic rings. The Hall–Kier alpha value is -0.720. The van der Waals surface area contributed by atoms with Crippen molar-refractivity contribution in [1.29, 1.82) is 0 Å². The highest BCUT2D eigenvalue weighted by Crippen LogP contribution is 2.25. The monoisotopic (exact) mass is 377 g/mol. The first kappa shape index (κ1) is 12.7. The number of halogens is 3. The highest BCUT2D eigenvalue weighted by Gasteiger charge is 2.19. The Kier molecular flexibility index (Phi) is 3.65. The van der Waals surface area contributed by atoms with Crippen LogP contribution in [0.25, 0.3) is 0 Å². The summed E-state index contributed by atoms with van der Waals surface area (Å²) in [6.45, 7) is 0. The minimum atomic E-state index is -0.165. The first-order chi connectivity index (χ1) is 8.00.